The molecule has 2 aromatic heterocycles. The van der Waals surface area contributed by atoms with Crippen molar-refractivity contribution >= 4 is 5.91 Å². The summed E-state index contributed by atoms with van der Waals surface area (Å²) in [6, 6.07) is 3.99. The highest BCUT2D eigenvalue weighted by molar-refractivity contribution is 5.96. The molecule has 2 heterocycles. The highest BCUT2D eigenvalue weighted by Gasteiger charge is 2.26. The van der Waals surface area contributed by atoms with E-state index in [9.17, 15) is 4.79 Å². The van der Waals surface area contributed by atoms with Crippen molar-refractivity contribution in [2.24, 2.45) is 0 Å². The minimum absolute atomic E-state index is 0.0375. The molecule has 112 valence electrons. The molecule has 0 spiro atoms. The molecule has 5 heteroatoms. The van der Waals surface area contributed by atoms with Gasteiger partial charge >= 0.3 is 0 Å². The molecule has 0 aromatic carbocycles. The summed E-state index contributed by atoms with van der Waals surface area (Å²) in [5.74, 6) is 0.529. The van der Waals surface area contributed by atoms with E-state index in [1.165, 1.54) is 0 Å². The minimum atomic E-state index is -0.0375. The zero-order valence-electron chi connectivity index (χ0n) is 13.0. The van der Waals surface area contributed by atoms with Crippen LogP contribution in [0.2, 0.25) is 0 Å². The van der Waals surface area contributed by atoms with E-state index in [1.54, 1.807) is 26.2 Å². The summed E-state index contributed by atoms with van der Waals surface area (Å²) in [5.41, 5.74) is 2.22. The van der Waals surface area contributed by atoms with Crippen LogP contribution in [0.1, 0.15) is 47.6 Å². The molecule has 1 atom stereocenters. The number of pyridine rings is 1. The highest BCUT2D eigenvalue weighted by Crippen LogP contribution is 2.19. The monoisotopic (exact) mass is 287 g/mol. The van der Waals surface area contributed by atoms with E-state index in [0.717, 1.165) is 12.0 Å². The van der Waals surface area contributed by atoms with Gasteiger partial charge in [-0.3, -0.25) is 9.78 Å². The number of rotatable bonds is 5. The van der Waals surface area contributed by atoms with E-state index in [0.29, 0.717) is 23.6 Å². The van der Waals surface area contributed by atoms with Crippen LogP contribution in [0.25, 0.3) is 0 Å². The van der Waals surface area contributed by atoms with Crippen LogP contribution in [0, 0.1) is 13.8 Å². The number of aromatic nitrogens is 2. The average Bonchev–Trinajstić information content (AvgIpc) is 2.83. The summed E-state index contributed by atoms with van der Waals surface area (Å²) >= 11 is 0. The lowest BCUT2D eigenvalue weighted by molar-refractivity contribution is 0.0669. The molecule has 0 N–H and O–H groups in total. The third kappa shape index (κ3) is 3.29. The highest BCUT2D eigenvalue weighted by atomic mass is 16.5. The number of hydrogen-bond donors (Lipinski definition) is 0. The maximum Gasteiger partial charge on any atom is 0.259 e. The molecule has 0 unspecified atom stereocenters. The summed E-state index contributed by atoms with van der Waals surface area (Å²) in [7, 11) is 0. The molecule has 5 nitrogen and oxygen atoms in total. The molecule has 0 saturated carbocycles. The van der Waals surface area contributed by atoms with Gasteiger partial charge in [0.15, 0.2) is 0 Å². The Morgan fingerprint density at radius 2 is 2.19 bits per heavy atom. The summed E-state index contributed by atoms with van der Waals surface area (Å²) in [6.45, 7) is 8.22. The first-order chi connectivity index (χ1) is 10.0. The molecule has 0 aliphatic rings. The molecule has 0 aliphatic heterocycles. The lowest BCUT2D eigenvalue weighted by atomic mass is 10.1. The molecule has 0 aliphatic carbocycles. The average molecular weight is 287 g/mol. The van der Waals surface area contributed by atoms with E-state index in [2.05, 4.69) is 17.1 Å². The minimum Gasteiger partial charge on any atom is -0.361 e. The molecular formula is C16H21N3O2. The summed E-state index contributed by atoms with van der Waals surface area (Å²) in [4.78, 5) is 18.8. The molecular weight excluding hydrogens is 266 g/mol. The first kappa shape index (κ1) is 15.2. The fourth-order valence-electron chi connectivity index (χ4n) is 2.27. The molecule has 0 fully saturated rings. The van der Waals surface area contributed by atoms with Crippen LogP contribution >= 0.6 is 0 Å². The lowest BCUT2D eigenvalue weighted by Crippen LogP contribution is -2.38. The normalized spacial score (nSPS) is 12.2. The first-order valence-electron chi connectivity index (χ1n) is 7.17. The Kier molecular flexibility index (Phi) is 4.73. The van der Waals surface area contributed by atoms with Crippen LogP contribution in [-0.4, -0.2) is 27.0 Å². The Balaban J connectivity index is 2.30. The Bertz CT molecular complexity index is 588. The van der Waals surface area contributed by atoms with Crippen molar-refractivity contribution in [3.63, 3.8) is 0 Å². The second-order valence-corrected chi connectivity index (χ2v) is 5.25. The van der Waals surface area contributed by atoms with Gasteiger partial charge in [0.2, 0.25) is 0 Å². The van der Waals surface area contributed by atoms with Crippen LogP contribution in [0.3, 0.4) is 0 Å². The number of amides is 1. The van der Waals surface area contributed by atoms with Crippen molar-refractivity contribution in [3.8, 4) is 0 Å². The van der Waals surface area contributed by atoms with Crippen molar-refractivity contribution in [1.29, 1.82) is 0 Å². The van der Waals surface area contributed by atoms with E-state index in [4.69, 9.17) is 4.52 Å². The maximum absolute atomic E-state index is 12.9. The zero-order chi connectivity index (χ0) is 15.4. The third-order valence-electron chi connectivity index (χ3n) is 3.71. The van der Waals surface area contributed by atoms with Crippen LogP contribution in [-0.2, 0) is 6.54 Å². The number of nitrogens with zero attached hydrogens (tertiary/aromatic N) is 3. The number of carbonyl (C=O) groups excluding carboxylic acids is 1. The third-order valence-corrected chi connectivity index (χ3v) is 3.71. The van der Waals surface area contributed by atoms with Crippen molar-refractivity contribution in [3.05, 3.63) is 47.1 Å². The molecule has 2 aromatic rings. The van der Waals surface area contributed by atoms with Gasteiger partial charge in [0.25, 0.3) is 5.91 Å². The largest absolute Gasteiger partial charge is 0.361 e. The Morgan fingerprint density at radius 3 is 2.71 bits per heavy atom. The van der Waals surface area contributed by atoms with Gasteiger partial charge in [-0.05, 0) is 38.8 Å². The quantitative estimate of drug-likeness (QED) is 0.847. The first-order valence-corrected chi connectivity index (χ1v) is 7.17. The lowest BCUT2D eigenvalue weighted by Gasteiger charge is -2.28. The Hall–Kier alpha value is -2.17. The van der Waals surface area contributed by atoms with Crippen LogP contribution < -0.4 is 0 Å². The summed E-state index contributed by atoms with van der Waals surface area (Å²) < 4.78 is 5.12. The van der Waals surface area contributed by atoms with Gasteiger partial charge in [-0.15, -0.1) is 0 Å². The Labute approximate surface area is 125 Å². The van der Waals surface area contributed by atoms with E-state index in [1.807, 2.05) is 24.0 Å². The van der Waals surface area contributed by atoms with E-state index >= 15 is 0 Å². The fourth-order valence-corrected chi connectivity index (χ4v) is 2.27. The smallest absolute Gasteiger partial charge is 0.259 e. The second-order valence-electron chi connectivity index (χ2n) is 5.25. The summed E-state index contributed by atoms with van der Waals surface area (Å²) in [5, 5.41) is 3.88. The summed E-state index contributed by atoms with van der Waals surface area (Å²) in [6.07, 6.45) is 4.40. The van der Waals surface area contributed by atoms with Crippen molar-refractivity contribution in [1.82, 2.24) is 15.0 Å². The van der Waals surface area contributed by atoms with Crippen LogP contribution in [0.4, 0.5) is 0 Å². The number of aryl methyl sites for hydroxylation is 2. The standard InChI is InChI=1S/C16H21N3O2/c1-5-11(2)19(10-14-7-6-8-17-9-14)16(20)15-12(3)18-21-13(15)4/h6-9,11H,5,10H2,1-4H3/t11-/m0/s1. The predicted molar refractivity (Wildman–Crippen MR) is 79.8 cm³/mol. The van der Waals surface area contributed by atoms with Crippen LogP contribution in [0.5, 0.6) is 0 Å². The predicted octanol–water partition coefficient (Wildman–Crippen LogP) is 3.13. The topological polar surface area (TPSA) is 59.2 Å². The van der Waals surface area contributed by atoms with Gasteiger partial charge < -0.3 is 9.42 Å². The van der Waals surface area contributed by atoms with Gasteiger partial charge in [-0.2, -0.15) is 0 Å². The fraction of sp³-hybridized carbons (Fsp3) is 0.438. The van der Waals surface area contributed by atoms with Gasteiger partial charge in [-0.1, -0.05) is 18.1 Å². The van der Waals surface area contributed by atoms with Gasteiger partial charge in [0.1, 0.15) is 11.3 Å². The number of carbonyl (C=O) groups is 1. The van der Waals surface area contributed by atoms with Gasteiger partial charge in [0, 0.05) is 25.0 Å². The molecule has 0 radical (unpaired) electrons. The van der Waals surface area contributed by atoms with Gasteiger partial charge in [0.05, 0.1) is 5.69 Å². The SMILES string of the molecule is CC[C@H](C)N(Cc1cccnc1)C(=O)c1c(C)noc1C. The second kappa shape index (κ2) is 6.52. The van der Waals surface area contributed by atoms with Crippen LogP contribution in [0.15, 0.2) is 29.0 Å². The molecule has 1 amide bonds. The van der Waals surface area contributed by atoms with E-state index in [-0.39, 0.29) is 11.9 Å². The van der Waals surface area contributed by atoms with Crippen molar-refractivity contribution in [2.75, 3.05) is 0 Å². The van der Waals surface area contributed by atoms with Gasteiger partial charge in [-0.25, -0.2) is 0 Å². The van der Waals surface area contributed by atoms with E-state index < -0.39 is 0 Å². The number of hydrogen-bond acceptors (Lipinski definition) is 4. The zero-order valence-corrected chi connectivity index (χ0v) is 13.0. The molecule has 0 bridgehead atoms. The van der Waals surface area contributed by atoms with Crippen molar-refractivity contribution < 1.29 is 9.32 Å². The molecule has 21 heavy (non-hydrogen) atoms. The Morgan fingerprint density at radius 1 is 1.43 bits per heavy atom. The molecule has 2 rings (SSSR count). The molecule has 0 saturated heterocycles. The van der Waals surface area contributed by atoms with Crippen molar-refractivity contribution in [2.45, 2.75) is 46.7 Å². The maximum atomic E-state index is 12.9.